The number of hydrogen-bond acceptors (Lipinski definition) is 2. The quantitative estimate of drug-likeness (QED) is 0.908. The van der Waals surface area contributed by atoms with Crippen molar-refractivity contribution < 1.29 is 0 Å². The van der Waals surface area contributed by atoms with Crippen LogP contribution in [0.4, 0.5) is 0 Å². The average Bonchev–Trinajstić information content (AvgIpc) is 2.45. The highest BCUT2D eigenvalue weighted by molar-refractivity contribution is 6.32. The van der Waals surface area contributed by atoms with E-state index in [0.717, 1.165) is 21.8 Å². The summed E-state index contributed by atoms with van der Waals surface area (Å²) >= 11 is 6.44. The van der Waals surface area contributed by atoms with Gasteiger partial charge in [-0.3, -0.25) is 4.98 Å². The maximum atomic E-state index is 6.44. The Morgan fingerprint density at radius 3 is 2.58 bits per heavy atom. The zero-order valence-electron chi connectivity index (χ0n) is 11.5. The highest BCUT2D eigenvalue weighted by Gasteiger charge is 2.22. The Labute approximate surface area is 119 Å². The van der Waals surface area contributed by atoms with Gasteiger partial charge in [-0.15, -0.1) is 0 Å². The smallest absolute Gasteiger partial charge is 0.0483 e. The van der Waals surface area contributed by atoms with Crippen molar-refractivity contribution in [2.75, 3.05) is 7.05 Å². The predicted molar refractivity (Wildman–Crippen MR) is 80.6 cm³/mol. The van der Waals surface area contributed by atoms with Gasteiger partial charge in [-0.25, -0.2) is 0 Å². The second-order valence-corrected chi connectivity index (χ2v) is 5.17. The van der Waals surface area contributed by atoms with Crippen LogP contribution in [0.15, 0.2) is 42.6 Å². The molecule has 2 nitrogen and oxygen atoms in total. The summed E-state index contributed by atoms with van der Waals surface area (Å²) < 4.78 is 0. The molecule has 0 aliphatic carbocycles. The maximum Gasteiger partial charge on any atom is 0.0483 e. The predicted octanol–water partition coefficient (Wildman–Crippen LogP) is 4.11. The molecule has 19 heavy (non-hydrogen) atoms. The number of pyridine rings is 1. The first-order valence-electron chi connectivity index (χ1n) is 6.48. The van der Waals surface area contributed by atoms with E-state index in [2.05, 4.69) is 29.4 Å². The standard InChI is InChI=1S/C16H19ClN2/c1-11-7-6-8-13(15(11)17)16(18-3)12(2)14-9-4-5-10-19-14/h4-10,12,16,18H,1-3H3. The van der Waals surface area contributed by atoms with Crippen molar-refractivity contribution in [3.63, 3.8) is 0 Å². The molecule has 0 saturated heterocycles. The Hall–Kier alpha value is -1.38. The molecule has 0 aliphatic heterocycles. The molecular formula is C16H19ClN2. The summed E-state index contributed by atoms with van der Waals surface area (Å²) in [5, 5.41) is 4.20. The molecule has 2 unspecified atom stereocenters. The van der Waals surface area contributed by atoms with Crippen LogP contribution in [0.3, 0.4) is 0 Å². The number of aromatic nitrogens is 1. The molecule has 0 saturated carbocycles. The number of likely N-dealkylation sites (N-methyl/N-ethyl adjacent to an activating group) is 1. The SMILES string of the molecule is CNC(c1cccc(C)c1Cl)C(C)c1ccccn1. The van der Waals surface area contributed by atoms with Crippen LogP contribution in [0.25, 0.3) is 0 Å². The van der Waals surface area contributed by atoms with Crippen LogP contribution in [0.1, 0.15) is 35.7 Å². The van der Waals surface area contributed by atoms with Crippen molar-refractivity contribution in [2.45, 2.75) is 25.8 Å². The highest BCUT2D eigenvalue weighted by atomic mass is 35.5. The fourth-order valence-corrected chi connectivity index (χ4v) is 2.64. The van der Waals surface area contributed by atoms with E-state index in [9.17, 15) is 0 Å². The molecule has 0 amide bonds. The summed E-state index contributed by atoms with van der Waals surface area (Å²) in [6, 6.07) is 12.3. The monoisotopic (exact) mass is 274 g/mol. The molecule has 0 radical (unpaired) electrons. The van der Waals surface area contributed by atoms with Gasteiger partial charge in [0, 0.05) is 28.9 Å². The van der Waals surface area contributed by atoms with Crippen molar-refractivity contribution in [1.29, 1.82) is 0 Å². The molecule has 2 atom stereocenters. The van der Waals surface area contributed by atoms with E-state index in [1.807, 2.05) is 44.4 Å². The molecule has 1 N–H and O–H groups in total. The number of nitrogens with one attached hydrogen (secondary N) is 1. The van der Waals surface area contributed by atoms with Crippen LogP contribution in [-0.2, 0) is 0 Å². The molecule has 0 aliphatic rings. The van der Waals surface area contributed by atoms with Crippen molar-refractivity contribution in [3.05, 3.63) is 64.4 Å². The number of halogens is 1. The van der Waals surface area contributed by atoms with Crippen LogP contribution in [0.5, 0.6) is 0 Å². The van der Waals surface area contributed by atoms with Gasteiger partial charge in [0.05, 0.1) is 0 Å². The second-order valence-electron chi connectivity index (χ2n) is 4.79. The lowest BCUT2D eigenvalue weighted by molar-refractivity contribution is 0.499. The van der Waals surface area contributed by atoms with Crippen LogP contribution in [0.2, 0.25) is 5.02 Å². The van der Waals surface area contributed by atoms with Crippen molar-refractivity contribution in [3.8, 4) is 0 Å². The van der Waals surface area contributed by atoms with Gasteiger partial charge in [-0.05, 0) is 37.2 Å². The lowest BCUT2D eigenvalue weighted by Crippen LogP contribution is -2.23. The van der Waals surface area contributed by atoms with E-state index in [0.29, 0.717) is 0 Å². The Morgan fingerprint density at radius 1 is 1.16 bits per heavy atom. The molecule has 3 heteroatoms. The number of benzene rings is 1. The topological polar surface area (TPSA) is 24.9 Å². The normalized spacial score (nSPS) is 14.1. The van der Waals surface area contributed by atoms with Crippen LogP contribution in [0, 0.1) is 6.92 Å². The zero-order valence-corrected chi connectivity index (χ0v) is 12.3. The van der Waals surface area contributed by atoms with E-state index in [4.69, 9.17) is 11.6 Å². The molecule has 2 rings (SSSR count). The average molecular weight is 275 g/mol. The minimum atomic E-state index is 0.155. The van der Waals surface area contributed by atoms with Gasteiger partial charge >= 0.3 is 0 Å². The summed E-state index contributed by atoms with van der Waals surface area (Å²) in [5.41, 5.74) is 3.30. The van der Waals surface area contributed by atoms with E-state index >= 15 is 0 Å². The fourth-order valence-electron chi connectivity index (χ4n) is 2.40. The van der Waals surface area contributed by atoms with Gasteiger partial charge in [-0.1, -0.05) is 42.8 Å². The Kier molecular flexibility index (Phi) is 4.56. The third-order valence-corrected chi connectivity index (χ3v) is 4.04. The second kappa shape index (κ2) is 6.18. The first-order valence-corrected chi connectivity index (χ1v) is 6.86. The summed E-state index contributed by atoms with van der Waals surface area (Å²) in [7, 11) is 1.96. The van der Waals surface area contributed by atoms with Crippen molar-refractivity contribution >= 4 is 11.6 Å². The Balaban J connectivity index is 2.37. The molecule has 1 aromatic heterocycles. The van der Waals surface area contributed by atoms with E-state index < -0.39 is 0 Å². The Morgan fingerprint density at radius 2 is 1.95 bits per heavy atom. The first kappa shape index (κ1) is 14.0. The first-order chi connectivity index (χ1) is 9.15. The summed E-state index contributed by atoms with van der Waals surface area (Å²) in [6.07, 6.45) is 1.83. The Bertz CT molecular complexity index is 540. The molecule has 0 bridgehead atoms. The molecule has 0 fully saturated rings. The maximum absolute atomic E-state index is 6.44. The van der Waals surface area contributed by atoms with Gasteiger partial charge < -0.3 is 5.32 Å². The third kappa shape index (κ3) is 2.96. The van der Waals surface area contributed by atoms with Gasteiger partial charge in [0.2, 0.25) is 0 Å². The molecule has 100 valence electrons. The number of hydrogen-bond donors (Lipinski definition) is 1. The van der Waals surface area contributed by atoms with E-state index in [1.165, 1.54) is 0 Å². The minimum absolute atomic E-state index is 0.155. The lowest BCUT2D eigenvalue weighted by atomic mass is 9.91. The highest BCUT2D eigenvalue weighted by Crippen LogP contribution is 2.34. The molecule has 2 aromatic rings. The van der Waals surface area contributed by atoms with Gasteiger partial charge in [0.25, 0.3) is 0 Å². The lowest BCUT2D eigenvalue weighted by Gasteiger charge is -2.25. The summed E-state index contributed by atoms with van der Waals surface area (Å²) in [4.78, 5) is 4.44. The number of aryl methyl sites for hydroxylation is 1. The minimum Gasteiger partial charge on any atom is -0.312 e. The molecule has 0 spiro atoms. The largest absolute Gasteiger partial charge is 0.312 e. The van der Waals surface area contributed by atoms with E-state index in [1.54, 1.807) is 0 Å². The number of rotatable bonds is 4. The molecule has 1 heterocycles. The zero-order chi connectivity index (χ0) is 13.8. The van der Waals surface area contributed by atoms with Gasteiger partial charge in [0.1, 0.15) is 0 Å². The molecular weight excluding hydrogens is 256 g/mol. The van der Waals surface area contributed by atoms with Gasteiger partial charge in [-0.2, -0.15) is 0 Å². The van der Waals surface area contributed by atoms with Crippen molar-refractivity contribution in [1.82, 2.24) is 10.3 Å². The van der Waals surface area contributed by atoms with Crippen LogP contribution in [-0.4, -0.2) is 12.0 Å². The third-order valence-electron chi connectivity index (χ3n) is 3.52. The number of nitrogens with zero attached hydrogens (tertiary/aromatic N) is 1. The van der Waals surface area contributed by atoms with Crippen molar-refractivity contribution in [2.24, 2.45) is 0 Å². The summed E-state index contributed by atoms with van der Waals surface area (Å²) in [5.74, 6) is 0.255. The summed E-state index contributed by atoms with van der Waals surface area (Å²) in [6.45, 7) is 4.20. The molecule has 1 aromatic carbocycles. The fraction of sp³-hybridized carbons (Fsp3) is 0.312. The van der Waals surface area contributed by atoms with E-state index in [-0.39, 0.29) is 12.0 Å². The van der Waals surface area contributed by atoms with Crippen LogP contribution < -0.4 is 5.32 Å². The van der Waals surface area contributed by atoms with Gasteiger partial charge in [0.15, 0.2) is 0 Å². The van der Waals surface area contributed by atoms with Crippen LogP contribution >= 0.6 is 11.6 Å².